The molecule has 5 rings (SSSR count). The molecule has 3 N–H and O–H groups in total. The zero-order valence-electron chi connectivity index (χ0n) is 22.6. The molecule has 0 saturated heterocycles. The smallest absolute Gasteiger partial charge is 0.234 e. The van der Waals surface area contributed by atoms with Crippen LogP contribution in [-0.2, 0) is 9.59 Å². The van der Waals surface area contributed by atoms with Gasteiger partial charge in [0.05, 0.1) is 36.1 Å². The van der Waals surface area contributed by atoms with Gasteiger partial charge in [-0.05, 0) is 30.0 Å². The van der Waals surface area contributed by atoms with Crippen LogP contribution < -0.4 is 20.7 Å². The first kappa shape index (κ1) is 28.3. The molecular formula is C29H27FN6O3S2. The number of thioether (sulfide) groups is 1. The molecule has 9 nitrogen and oxygen atoms in total. The highest BCUT2D eigenvalue weighted by Crippen LogP contribution is 2.51. The van der Waals surface area contributed by atoms with Gasteiger partial charge in [0.1, 0.15) is 17.4 Å². The number of nitriles is 1. The second kappa shape index (κ2) is 11.3. The summed E-state index contributed by atoms with van der Waals surface area (Å²) in [6.45, 7) is 3.96. The van der Waals surface area contributed by atoms with Crippen LogP contribution >= 0.6 is 23.1 Å². The Morgan fingerprint density at radius 2 is 1.98 bits per heavy atom. The zero-order valence-corrected chi connectivity index (χ0v) is 24.2. The summed E-state index contributed by atoms with van der Waals surface area (Å²) in [6, 6.07) is 15.4. The number of Topliss-reactive ketones (excluding diaryl/α,β-unsaturated/α-hetero) is 1. The minimum absolute atomic E-state index is 0.0657. The third-order valence-electron chi connectivity index (χ3n) is 6.89. The Labute approximate surface area is 244 Å². The molecule has 2 aliphatic rings. The highest BCUT2D eigenvalue weighted by molar-refractivity contribution is 8.01. The number of nitrogens with two attached hydrogens (primary N) is 1. The minimum Gasteiger partial charge on any atom is -0.495 e. The molecule has 2 aromatic carbocycles. The van der Waals surface area contributed by atoms with Crippen LogP contribution in [0, 0.1) is 22.6 Å². The van der Waals surface area contributed by atoms with Gasteiger partial charge in [-0.15, -0.1) is 10.2 Å². The monoisotopic (exact) mass is 590 g/mol. The summed E-state index contributed by atoms with van der Waals surface area (Å²) in [4.78, 5) is 27.8. The van der Waals surface area contributed by atoms with Crippen molar-refractivity contribution in [3.63, 3.8) is 0 Å². The fraction of sp³-hybridized carbons (Fsp3) is 0.276. The average Bonchev–Trinajstić information content (AvgIpc) is 3.40. The lowest BCUT2D eigenvalue weighted by molar-refractivity contribution is -0.118. The molecule has 1 amide bonds. The van der Waals surface area contributed by atoms with E-state index >= 15 is 4.39 Å². The lowest BCUT2D eigenvalue weighted by Crippen LogP contribution is -2.42. The quantitative estimate of drug-likeness (QED) is 0.349. The van der Waals surface area contributed by atoms with E-state index in [2.05, 4.69) is 21.6 Å². The summed E-state index contributed by atoms with van der Waals surface area (Å²) in [5, 5.41) is 21.9. The standard InChI is InChI=1S/C29H27FN6O3S2/c1-29(2)12-20-25(21(37)13-29)24(16-8-4-5-9-18(16)30)17(14-31)26(32)36(20)27-34-35-28(41-27)40-15-23(38)33-19-10-6-7-11-22(19)39-3/h4-11,24H,12-13,15,32H2,1-3H3,(H,33,38). The Morgan fingerprint density at radius 1 is 1.24 bits per heavy atom. The van der Waals surface area contributed by atoms with Crippen molar-refractivity contribution in [2.75, 3.05) is 23.1 Å². The maximum absolute atomic E-state index is 15.0. The van der Waals surface area contributed by atoms with Crippen LogP contribution in [0.2, 0.25) is 0 Å². The van der Waals surface area contributed by atoms with E-state index < -0.39 is 17.2 Å². The van der Waals surface area contributed by atoms with Gasteiger partial charge in [-0.3, -0.25) is 14.5 Å². The fourth-order valence-electron chi connectivity index (χ4n) is 5.16. The van der Waals surface area contributed by atoms with Gasteiger partial charge in [0.2, 0.25) is 11.0 Å². The maximum atomic E-state index is 15.0. The van der Waals surface area contributed by atoms with E-state index in [4.69, 9.17) is 10.5 Å². The number of nitrogens with one attached hydrogen (secondary N) is 1. The molecule has 1 unspecified atom stereocenters. The van der Waals surface area contributed by atoms with E-state index in [9.17, 15) is 14.9 Å². The van der Waals surface area contributed by atoms with Crippen LogP contribution in [0.4, 0.5) is 15.2 Å². The molecule has 41 heavy (non-hydrogen) atoms. The second-order valence-electron chi connectivity index (χ2n) is 10.4. The number of carbonyl (C=O) groups is 2. The van der Waals surface area contributed by atoms with Crippen LogP contribution in [0.5, 0.6) is 5.75 Å². The number of para-hydroxylation sites is 2. The van der Waals surface area contributed by atoms with Crippen molar-refractivity contribution in [1.29, 1.82) is 5.26 Å². The van der Waals surface area contributed by atoms with Crippen LogP contribution in [0.3, 0.4) is 0 Å². The Bertz CT molecular complexity index is 1640. The number of hydrogen-bond acceptors (Lipinski definition) is 10. The third-order valence-corrected chi connectivity index (χ3v) is 8.93. The highest BCUT2D eigenvalue weighted by atomic mass is 32.2. The van der Waals surface area contributed by atoms with Crippen molar-refractivity contribution in [1.82, 2.24) is 10.2 Å². The van der Waals surface area contributed by atoms with E-state index in [0.717, 1.165) is 0 Å². The number of ketones is 1. The van der Waals surface area contributed by atoms with Crippen molar-refractivity contribution in [2.45, 2.75) is 36.9 Å². The summed E-state index contributed by atoms with van der Waals surface area (Å²) < 4.78 is 20.8. The second-order valence-corrected chi connectivity index (χ2v) is 12.6. The summed E-state index contributed by atoms with van der Waals surface area (Å²) in [6.07, 6.45) is 0.712. The molecule has 0 fully saturated rings. The van der Waals surface area contributed by atoms with Crippen LogP contribution in [0.25, 0.3) is 0 Å². The molecule has 0 radical (unpaired) electrons. The third kappa shape index (κ3) is 5.55. The molecule has 12 heteroatoms. The zero-order chi connectivity index (χ0) is 29.3. The summed E-state index contributed by atoms with van der Waals surface area (Å²) >= 11 is 2.38. The molecule has 1 aliphatic carbocycles. The Morgan fingerprint density at radius 3 is 2.71 bits per heavy atom. The number of amides is 1. The first-order valence-electron chi connectivity index (χ1n) is 12.7. The predicted octanol–water partition coefficient (Wildman–Crippen LogP) is 5.36. The topological polar surface area (TPSA) is 134 Å². The lowest BCUT2D eigenvalue weighted by Gasteiger charge is -2.42. The summed E-state index contributed by atoms with van der Waals surface area (Å²) in [5.41, 5.74) is 7.99. The molecule has 0 bridgehead atoms. The number of aromatic nitrogens is 2. The molecule has 3 aromatic rings. The van der Waals surface area contributed by atoms with E-state index in [1.54, 1.807) is 41.3 Å². The number of rotatable bonds is 7. The van der Waals surface area contributed by atoms with Crippen LogP contribution in [0.1, 0.15) is 38.2 Å². The highest BCUT2D eigenvalue weighted by Gasteiger charge is 2.46. The number of halogens is 1. The number of anilines is 2. The number of carbonyl (C=O) groups excluding carboxylic acids is 2. The normalized spacial score (nSPS) is 18.2. The molecule has 1 atom stereocenters. The van der Waals surface area contributed by atoms with Crippen molar-refractivity contribution >= 4 is 45.6 Å². The van der Waals surface area contributed by atoms with Crippen LogP contribution in [0.15, 0.2) is 75.5 Å². The molecule has 2 heterocycles. The largest absolute Gasteiger partial charge is 0.495 e. The van der Waals surface area contributed by atoms with E-state index in [-0.39, 0.29) is 40.8 Å². The minimum atomic E-state index is -0.920. The van der Waals surface area contributed by atoms with Gasteiger partial charge in [0.25, 0.3) is 0 Å². The van der Waals surface area contributed by atoms with Gasteiger partial charge in [0.15, 0.2) is 10.1 Å². The summed E-state index contributed by atoms with van der Waals surface area (Å²) in [5.74, 6) is -1.16. The fourth-order valence-corrected chi connectivity index (χ4v) is 6.84. The average molecular weight is 591 g/mol. The molecular weight excluding hydrogens is 563 g/mol. The van der Waals surface area contributed by atoms with Crippen LogP contribution in [-0.4, -0.2) is 34.8 Å². The van der Waals surface area contributed by atoms with Crippen molar-refractivity contribution in [3.8, 4) is 11.8 Å². The molecule has 210 valence electrons. The Hall–Kier alpha value is -4.21. The first-order valence-corrected chi connectivity index (χ1v) is 14.5. The number of methoxy groups -OCH3 is 1. The van der Waals surface area contributed by atoms with E-state index in [1.807, 2.05) is 19.9 Å². The number of ether oxygens (including phenoxy) is 1. The number of benzene rings is 2. The lowest BCUT2D eigenvalue weighted by atomic mass is 9.68. The number of nitrogens with zero attached hydrogens (tertiary/aromatic N) is 4. The molecule has 0 spiro atoms. The maximum Gasteiger partial charge on any atom is 0.234 e. The van der Waals surface area contributed by atoms with Gasteiger partial charge in [-0.2, -0.15) is 5.26 Å². The first-order chi connectivity index (χ1) is 19.6. The SMILES string of the molecule is COc1ccccc1NC(=O)CSc1nnc(N2C(N)=C(C#N)C(c3ccccc3F)C3=C2CC(C)(C)CC3=O)s1. The molecule has 1 aliphatic heterocycles. The molecule has 0 saturated carbocycles. The van der Waals surface area contributed by atoms with Gasteiger partial charge in [-0.1, -0.05) is 67.3 Å². The number of hydrogen-bond donors (Lipinski definition) is 2. The van der Waals surface area contributed by atoms with E-state index in [0.29, 0.717) is 38.6 Å². The Kier molecular flexibility index (Phi) is 7.84. The van der Waals surface area contributed by atoms with Gasteiger partial charge in [0, 0.05) is 23.3 Å². The summed E-state index contributed by atoms with van der Waals surface area (Å²) in [7, 11) is 1.53. The Balaban J connectivity index is 1.46. The predicted molar refractivity (Wildman–Crippen MR) is 156 cm³/mol. The van der Waals surface area contributed by atoms with Gasteiger partial charge < -0.3 is 15.8 Å². The van der Waals surface area contributed by atoms with Crippen molar-refractivity contribution < 1.29 is 18.7 Å². The molecule has 1 aromatic heterocycles. The van der Waals surface area contributed by atoms with Crippen molar-refractivity contribution in [2.24, 2.45) is 11.1 Å². The number of allylic oxidation sites excluding steroid dienone is 3. The van der Waals surface area contributed by atoms with Gasteiger partial charge >= 0.3 is 0 Å². The van der Waals surface area contributed by atoms with Gasteiger partial charge in [-0.25, -0.2) is 4.39 Å². The van der Waals surface area contributed by atoms with E-state index in [1.165, 1.54) is 36.3 Å². The van der Waals surface area contributed by atoms with Crippen molar-refractivity contribution in [3.05, 3.63) is 82.6 Å².